The number of nitrogens with one attached hydrogen (secondary N) is 2. The fraction of sp³-hybridized carbons (Fsp3) is 0.318. The maximum absolute atomic E-state index is 12.7. The highest BCUT2D eigenvalue weighted by atomic mass is 35.5. The van der Waals surface area contributed by atoms with Gasteiger partial charge in [0.1, 0.15) is 12.4 Å². The zero-order chi connectivity index (χ0) is 22.7. The summed E-state index contributed by atoms with van der Waals surface area (Å²) in [6.07, 6.45) is 0.495. The largest absolute Gasteiger partial charge is 0.396 e. The maximum Gasteiger partial charge on any atom is 0.253 e. The Bertz CT molecular complexity index is 1150. The first kappa shape index (κ1) is 22.5. The lowest BCUT2D eigenvalue weighted by atomic mass is 10.0. The third-order valence-electron chi connectivity index (χ3n) is 5.27. The fourth-order valence-corrected chi connectivity index (χ4v) is 4.15. The minimum atomic E-state index is -0.299. The summed E-state index contributed by atoms with van der Waals surface area (Å²) in [5.41, 5.74) is 2.62. The molecule has 4 rings (SSSR count). The Kier molecular flexibility index (Phi) is 6.95. The molecule has 8 nitrogen and oxygen atoms in total. The fourth-order valence-electron chi connectivity index (χ4n) is 3.70. The highest BCUT2D eigenvalue weighted by molar-refractivity contribution is 6.34. The molecule has 0 radical (unpaired) electrons. The summed E-state index contributed by atoms with van der Waals surface area (Å²) >= 11 is 12.4. The van der Waals surface area contributed by atoms with E-state index in [0.29, 0.717) is 46.8 Å². The number of amides is 2. The van der Waals surface area contributed by atoms with Gasteiger partial charge in [-0.3, -0.25) is 9.59 Å². The van der Waals surface area contributed by atoms with E-state index in [1.54, 1.807) is 41.3 Å². The first-order chi connectivity index (χ1) is 15.4. The lowest BCUT2D eigenvalue weighted by Crippen LogP contribution is -2.41. The summed E-state index contributed by atoms with van der Waals surface area (Å²) in [4.78, 5) is 34.1. The maximum atomic E-state index is 12.7. The van der Waals surface area contributed by atoms with E-state index >= 15 is 0 Å². The number of hydrogen-bond acceptors (Lipinski definition) is 5. The molecule has 0 bridgehead atoms. The van der Waals surface area contributed by atoms with Gasteiger partial charge in [0.15, 0.2) is 0 Å². The predicted octanol–water partition coefficient (Wildman–Crippen LogP) is 3.73. The molecule has 32 heavy (non-hydrogen) atoms. The van der Waals surface area contributed by atoms with Gasteiger partial charge >= 0.3 is 0 Å². The van der Waals surface area contributed by atoms with Crippen LogP contribution in [-0.4, -0.2) is 53.3 Å². The number of anilines is 2. The summed E-state index contributed by atoms with van der Waals surface area (Å²) in [7, 11) is 0. The van der Waals surface area contributed by atoms with Gasteiger partial charge in [0.2, 0.25) is 5.91 Å². The first-order valence-electron chi connectivity index (χ1n) is 10.2. The van der Waals surface area contributed by atoms with Crippen LogP contribution in [0.5, 0.6) is 0 Å². The number of fused-ring (bicyclic) bond motifs is 1. The molecule has 1 aromatic heterocycles. The quantitative estimate of drug-likeness (QED) is 0.481. The number of hydrogen-bond donors (Lipinski definition) is 3. The number of morpholine rings is 1. The Morgan fingerprint density at radius 1 is 1.28 bits per heavy atom. The Morgan fingerprint density at radius 2 is 2.12 bits per heavy atom. The molecule has 3 N–H and O–H groups in total. The van der Waals surface area contributed by atoms with Crippen molar-refractivity contribution in [3.8, 4) is 0 Å². The van der Waals surface area contributed by atoms with E-state index in [4.69, 9.17) is 27.9 Å². The van der Waals surface area contributed by atoms with Crippen LogP contribution in [0.3, 0.4) is 0 Å². The van der Waals surface area contributed by atoms with Crippen molar-refractivity contribution < 1.29 is 19.4 Å². The standard InChI is InChI=1S/C22H22Cl2N4O4/c23-14-1-3-17-18(10-14)27-22(26-17)13(5-7-29)9-20(30)25-15-2-4-19(16(24)11-15)28-6-8-32-12-21(28)31/h1-4,10-11,13,29H,5-9,12H2,(H,25,30)(H,26,27). The number of aliphatic hydroxyl groups is 1. The SMILES string of the molecule is O=C(CC(CCO)c1nc2ccc(Cl)cc2[nH]1)Nc1ccc(N2CCOCC2=O)c(Cl)c1. The molecule has 3 aromatic rings. The molecule has 0 saturated carbocycles. The molecule has 1 aliphatic rings. The van der Waals surface area contributed by atoms with Crippen molar-refractivity contribution in [2.45, 2.75) is 18.8 Å². The van der Waals surface area contributed by atoms with Gasteiger partial charge in [-0.25, -0.2) is 4.98 Å². The number of ether oxygens (including phenoxy) is 1. The normalized spacial score (nSPS) is 15.2. The molecule has 2 aromatic carbocycles. The van der Waals surface area contributed by atoms with Crippen LogP contribution in [0.2, 0.25) is 10.0 Å². The minimum Gasteiger partial charge on any atom is -0.396 e. The summed E-state index contributed by atoms with van der Waals surface area (Å²) in [6.45, 7) is 0.815. The van der Waals surface area contributed by atoms with Gasteiger partial charge < -0.3 is 25.0 Å². The van der Waals surface area contributed by atoms with E-state index in [9.17, 15) is 14.7 Å². The zero-order valence-electron chi connectivity index (χ0n) is 17.1. The number of nitrogens with zero attached hydrogens (tertiary/aromatic N) is 2. The summed E-state index contributed by atoms with van der Waals surface area (Å²) in [6, 6.07) is 10.3. The molecule has 0 aliphatic carbocycles. The molecular formula is C22H22Cl2N4O4. The number of imidazole rings is 1. The molecule has 10 heteroatoms. The molecule has 2 heterocycles. The van der Waals surface area contributed by atoms with Crippen LogP contribution in [0.15, 0.2) is 36.4 Å². The highest BCUT2D eigenvalue weighted by Crippen LogP contribution is 2.31. The topological polar surface area (TPSA) is 108 Å². The van der Waals surface area contributed by atoms with E-state index in [1.165, 1.54) is 0 Å². The van der Waals surface area contributed by atoms with Crippen LogP contribution >= 0.6 is 23.2 Å². The first-order valence-corrected chi connectivity index (χ1v) is 10.9. The lowest BCUT2D eigenvalue weighted by Gasteiger charge is -2.27. The van der Waals surface area contributed by atoms with Crippen LogP contribution in [0.25, 0.3) is 11.0 Å². The molecule has 1 aliphatic heterocycles. The number of halogens is 2. The van der Waals surface area contributed by atoms with Crippen molar-refractivity contribution in [3.05, 3.63) is 52.3 Å². The average molecular weight is 477 g/mol. The molecule has 1 saturated heterocycles. The van der Waals surface area contributed by atoms with Crippen LogP contribution in [0.4, 0.5) is 11.4 Å². The Labute approximate surface area is 194 Å². The number of aromatic nitrogens is 2. The number of benzene rings is 2. The van der Waals surface area contributed by atoms with Crippen LogP contribution in [0.1, 0.15) is 24.6 Å². The molecular weight excluding hydrogens is 455 g/mol. The van der Waals surface area contributed by atoms with Crippen molar-refractivity contribution in [1.29, 1.82) is 0 Å². The molecule has 168 valence electrons. The van der Waals surface area contributed by atoms with Crippen LogP contribution in [0, 0.1) is 0 Å². The second kappa shape index (κ2) is 9.87. The Morgan fingerprint density at radius 3 is 2.88 bits per heavy atom. The van der Waals surface area contributed by atoms with Crippen LogP contribution in [-0.2, 0) is 14.3 Å². The van der Waals surface area contributed by atoms with Gasteiger partial charge in [-0.2, -0.15) is 0 Å². The third kappa shape index (κ3) is 5.05. The second-order valence-electron chi connectivity index (χ2n) is 7.51. The summed E-state index contributed by atoms with van der Waals surface area (Å²) < 4.78 is 5.14. The van der Waals surface area contributed by atoms with E-state index in [1.807, 2.05) is 0 Å². The van der Waals surface area contributed by atoms with Crippen molar-refractivity contribution in [1.82, 2.24) is 9.97 Å². The number of H-pyrrole nitrogens is 1. The van der Waals surface area contributed by atoms with E-state index in [0.717, 1.165) is 11.0 Å². The molecule has 0 spiro atoms. The number of aliphatic hydroxyl groups excluding tert-OH is 1. The van der Waals surface area contributed by atoms with E-state index in [-0.39, 0.29) is 37.4 Å². The molecule has 1 atom stereocenters. The molecule has 1 fully saturated rings. The predicted molar refractivity (Wildman–Crippen MR) is 123 cm³/mol. The van der Waals surface area contributed by atoms with Gasteiger partial charge in [-0.1, -0.05) is 23.2 Å². The van der Waals surface area contributed by atoms with Crippen molar-refractivity contribution in [2.75, 3.05) is 36.6 Å². The van der Waals surface area contributed by atoms with Gasteiger partial charge in [0.05, 0.1) is 28.4 Å². The number of carbonyl (C=O) groups is 2. The number of rotatable bonds is 7. The molecule has 1 unspecified atom stereocenters. The van der Waals surface area contributed by atoms with Crippen LogP contribution < -0.4 is 10.2 Å². The number of carbonyl (C=O) groups excluding carboxylic acids is 2. The van der Waals surface area contributed by atoms with Crippen molar-refractivity contribution >= 4 is 57.4 Å². The Hall–Kier alpha value is -2.65. The van der Waals surface area contributed by atoms with Gasteiger partial charge in [0, 0.05) is 36.2 Å². The van der Waals surface area contributed by atoms with Gasteiger partial charge in [0.25, 0.3) is 5.91 Å². The Balaban J connectivity index is 1.46. The third-order valence-corrected chi connectivity index (χ3v) is 5.80. The second-order valence-corrected chi connectivity index (χ2v) is 8.35. The summed E-state index contributed by atoms with van der Waals surface area (Å²) in [5, 5.41) is 13.3. The number of aromatic amines is 1. The smallest absolute Gasteiger partial charge is 0.253 e. The van der Waals surface area contributed by atoms with E-state index in [2.05, 4.69) is 15.3 Å². The van der Waals surface area contributed by atoms with Crippen molar-refractivity contribution in [2.24, 2.45) is 0 Å². The summed E-state index contributed by atoms with van der Waals surface area (Å²) in [5.74, 6) is -0.0836. The monoisotopic (exact) mass is 476 g/mol. The van der Waals surface area contributed by atoms with Crippen molar-refractivity contribution in [3.63, 3.8) is 0 Å². The van der Waals surface area contributed by atoms with E-state index < -0.39 is 0 Å². The lowest BCUT2D eigenvalue weighted by molar-refractivity contribution is -0.125. The highest BCUT2D eigenvalue weighted by Gasteiger charge is 2.23. The molecule has 2 amide bonds. The average Bonchev–Trinajstić information content (AvgIpc) is 3.17. The van der Waals surface area contributed by atoms with Gasteiger partial charge in [-0.15, -0.1) is 0 Å². The zero-order valence-corrected chi connectivity index (χ0v) is 18.6. The van der Waals surface area contributed by atoms with Gasteiger partial charge in [-0.05, 0) is 42.8 Å². The minimum absolute atomic E-state index is 0.0229.